The Morgan fingerprint density at radius 1 is 1.44 bits per heavy atom. The Morgan fingerprint density at radius 3 is 2.61 bits per heavy atom. The average molecular weight is 313 g/mol. The van der Waals surface area contributed by atoms with Gasteiger partial charge in [-0.1, -0.05) is 34.1 Å². The minimum atomic E-state index is -0.298. The minimum absolute atomic E-state index is 0.00559. The molecule has 0 radical (unpaired) electrons. The molecular formula is C14H21BrN2O. The van der Waals surface area contributed by atoms with Crippen molar-refractivity contribution in [2.75, 3.05) is 0 Å². The summed E-state index contributed by atoms with van der Waals surface area (Å²) in [7, 11) is 0. The van der Waals surface area contributed by atoms with E-state index in [-0.39, 0.29) is 17.5 Å². The Morgan fingerprint density at radius 2 is 2.06 bits per heavy atom. The van der Waals surface area contributed by atoms with Gasteiger partial charge in [0.25, 0.3) is 0 Å². The number of hydrogen-bond acceptors (Lipinski definition) is 2. The lowest BCUT2D eigenvalue weighted by Gasteiger charge is -2.20. The normalized spacial score (nSPS) is 13.2. The highest BCUT2D eigenvalue weighted by Crippen LogP contribution is 2.22. The lowest BCUT2D eigenvalue weighted by molar-refractivity contribution is -0.122. The van der Waals surface area contributed by atoms with Crippen LogP contribution in [-0.4, -0.2) is 11.4 Å². The lowest BCUT2D eigenvalue weighted by atomic mass is 9.99. The average Bonchev–Trinajstić information content (AvgIpc) is 2.26. The van der Waals surface area contributed by atoms with Gasteiger partial charge in [-0.25, -0.2) is 0 Å². The standard InChI is InChI=1S/C14H21BrN2O/c1-10(11-6-4-5-7-12(11)15)17-13(18)8-9-14(2,3)16/h4-7,10H,8-9,16H2,1-3H3,(H,17,18)/t10-/m1/s1. The number of carbonyl (C=O) groups excluding carboxylic acids is 1. The summed E-state index contributed by atoms with van der Waals surface area (Å²) in [5, 5.41) is 2.99. The molecule has 1 aromatic rings. The maximum atomic E-state index is 11.8. The Balaban J connectivity index is 2.53. The molecule has 0 saturated heterocycles. The maximum absolute atomic E-state index is 11.8. The van der Waals surface area contributed by atoms with E-state index in [4.69, 9.17) is 5.73 Å². The van der Waals surface area contributed by atoms with E-state index in [1.807, 2.05) is 45.0 Å². The first kappa shape index (κ1) is 15.2. The predicted molar refractivity (Wildman–Crippen MR) is 78.2 cm³/mol. The second kappa shape index (κ2) is 6.34. The van der Waals surface area contributed by atoms with E-state index in [0.717, 1.165) is 10.0 Å². The molecule has 4 heteroatoms. The molecule has 1 atom stereocenters. The molecule has 100 valence electrons. The quantitative estimate of drug-likeness (QED) is 0.877. The molecule has 0 aliphatic carbocycles. The molecule has 1 amide bonds. The summed E-state index contributed by atoms with van der Waals surface area (Å²) in [6.45, 7) is 5.83. The lowest BCUT2D eigenvalue weighted by Crippen LogP contribution is -2.35. The third kappa shape index (κ3) is 5.19. The molecular weight excluding hydrogens is 292 g/mol. The largest absolute Gasteiger partial charge is 0.350 e. The number of amides is 1. The fraction of sp³-hybridized carbons (Fsp3) is 0.500. The molecule has 0 fully saturated rings. The van der Waals surface area contributed by atoms with Gasteiger partial charge in [0.15, 0.2) is 0 Å². The van der Waals surface area contributed by atoms with Crippen molar-refractivity contribution in [3.63, 3.8) is 0 Å². The van der Waals surface area contributed by atoms with Crippen LogP contribution in [0.4, 0.5) is 0 Å². The zero-order valence-corrected chi connectivity index (χ0v) is 12.8. The highest BCUT2D eigenvalue weighted by molar-refractivity contribution is 9.10. The van der Waals surface area contributed by atoms with Crippen LogP contribution in [0, 0.1) is 0 Å². The number of hydrogen-bond donors (Lipinski definition) is 2. The number of carbonyl (C=O) groups is 1. The van der Waals surface area contributed by atoms with Crippen molar-refractivity contribution in [1.29, 1.82) is 0 Å². The summed E-state index contributed by atoms with van der Waals surface area (Å²) >= 11 is 3.49. The van der Waals surface area contributed by atoms with Crippen LogP contribution in [0.3, 0.4) is 0 Å². The van der Waals surface area contributed by atoms with Crippen molar-refractivity contribution < 1.29 is 4.79 Å². The van der Waals surface area contributed by atoms with Crippen LogP contribution in [0.2, 0.25) is 0 Å². The van der Waals surface area contributed by atoms with Gasteiger partial charge in [0, 0.05) is 16.4 Å². The van der Waals surface area contributed by atoms with Crippen molar-refractivity contribution in [2.45, 2.75) is 45.2 Å². The Kier molecular flexibility index (Phi) is 5.35. The number of nitrogens with one attached hydrogen (secondary N) is 1. The number of benzene rings is 1. The maximum Gasteiger partial charge on any atom is 0.220 e. The minimum Gasteiger partial charge on any atom is -0.350 e. The second-order valence-corrected chi connectivity index (χ2v) is 6.15. The molecule has 3 N–H and O–H groups in total. The Bertz CT molecular complexity index is 413. The van der Waals surface area contributed by atoms with Crippen LogP contribution in [-0.2, 0) is 4.79 Å². The van der Waals surface area contributed by atoms with E-state index >= 15 is 0 Å². The monoisotopic (exact) mass is 312 g/mol. The van der Waals surface area contributed by atoms with E-state index in [2.05, 4.69) is 21.2 Å². The molecule has 0 aromatic heterocycles. The molecule has 1 rings (SSSR count). The fourth-order valence-electron chi connectivity index (χ4n) is 1.65. The van der Waals surface area contributed by atoms with Crippen LogP contribution in [0.25, 0.3) is 0 Å². The van der Waals surface area contributed by atoms with Gasteiger partial charge in [-0.2, -0.15) is 0 Å². The van der Waals surface area contributed by atoms with Gasteiger partial charge in [0.05, 0.1) is 6.04 Å². The van der Waals surface area contributed by atoms with E-state index in [0.29, 0.717) is 12.8 Å². The molecule has 3 nitrogen and oxygen atoms in total. The first-order valence-corrected chi connectivity index (χ1v) is 6.91. The van der Waals surface area contributed by atoms with Crippen LogP contribution in [0.1, 0.15) is 45.2 Å². The molecule has 0 heterocycles. The molecule has 0 spiro atoms. The number of rotatable bonds is 5. The van der Waals surface area contributed by atoms with Gasteiger partial charge >= 0.3 is 0 Å². The fourth-order valence-corrected chi connectivity index (χ4v) is 2.28. The Hall–Kier alpha value is -0.870. The third-order valence-electron chi connectivity index (χ3n) is 2.75. The summed E-state index contributed by atoms with van der Waals surface area (Å²) in [4.78, 5) is 11.8. The summed E-state index contributed by atoms with van der Waals surface area (Å²) in [5.41, 5.74) is 6.65. The van der Waals surface area contributed by atoms with Crippen LogP contribution in [0.15, 0.2) is 28.7 Å². The van der Waals surface area contributed by atoms with Crippen molar-refractivity contribution in [3.8, 4) is 0 Å². The van der Waals surface area contributed by atoms with Crippen molar-refractivity contribution in [1.82, 2.24) is 5.32 Å². The van der Waals surface area contributed by atoms with Crippen molar-refractivity contribution >= 4 is 21.8 Å². The molecule has 0 bridgehead atoms. The van der Waals surface area contributed by atoms with Crippen LogP contribution >= 0.6 is 15.9 Å². The van der Waals surface area contributed by atoms with Gasteiger partial charge < -0.3 is 11.1 Å². The van der Waals surface area contributed by atoms with Crippen molar-refractivity contribution in [2.24, 2.45) is 5.73 Å². The number of halogens is 1. The summed E-state index contributed by atoms with van der Waals surface area (Å²) in [6.07, 6.45) is 1.14. The van der Waals surface area contributed by atoms with Gasteiger partial charge in [-0.05, 0) is 38.8 Å². The predicted octanol–water partition coefficient (Wildman–Crippen LogP) is 3.14. The summed E-state index contributed by atoms with van der Waals surface area (Å²) < 4.78 is 1.01. The SMILES string of the molecule is C[C@@H](NC(=O)CCC(C)(C)N)c1ccccc1Br. The Labute approximate surface area is 117 Å². The highest BCUT2D eigenvalue weighted by atomic mass is 79.9. The van der Waals surface area contributed by atoms with Gasteiger partial charge in [0.2, 0.25) is 5.91 Å². The van der Waals surface area contributed by atoms with Gasteiger partial charge in [-0.15, -0.1) is 0 Å². The molecule has 0 saturated carbocycles. The number of nitrogens with two attached hydrogens (primary N) is 1. The van der Waals surface area contributed by atoms with Gasteiger partial charge in [-0.3, -0.25) is 4.79 Å². The van der Waals surface area contributed by atoms with Gasteiger partial charge in [0.1, 0.15) is 0 Å². The highest BCUT2D eigenvalue weighted by Gasteiger charge is 2.15. The smallest absolute Gasteiger partial charge is 0.220 e. The summed E-state index contributed by atoms with van der Waals surface area (Å²) in [5.74, 6) is 0.0387. The van der Waals surface area contributed by atoms with E-state index in [1.165, 1.54) is 0 Å². The molecule has 0 aliphatic heterocycles. The first-order valence-electron chi connectivity index (χ1n) is 6.12. The van der Waals surface area contributed by atoms with Crippen molar-refractivity contribution in [3.05, 3.63) is 34.3 Å². The summed E-state index contributed by atoms with van der Waals surface area (Å²) in [6, 6.07) is 7.89. The molecule has 18 heavy (non-hydrogen) atoms. The molecule has 1 aromatic carbocycles. The molecule has 0 unspecified atom stereocenters. The van der Waals surface area contributed by atoms with Crippen LogP contribution < -0.4 is 11.1 Å². The van der Waals surface area contributed by atoms with E-state index in [9.17, 15) is 4.79 Å². The zero-order chi connectivity index (χ0) is 13.8. The van der Waals surface area contributed by atoms with E-state index in [1.54, 1.807) is 0 Å². The van der Waals surface area contributed by atoms with Crippen LogP contribution in [0.5, 0.6) is 0 Å². The third-order valence-corrected chi connectivity index (χ3v) is 3.47. The molecule has 0 aliphatic rings. The topological polar surface area (TPSA) is 55.1 Å². The zero-order valence-electron chi connectivity index (χ0n) is 11.2. The second-order valence-electron chi connectivity index (χ2n) is 5.30. The first-order chi connectivity index (χ1) is 8.29. The van der Waals surface area contributed by atoms with E-state index < -0.39 is 0 Å².